The van der Waals surface area contributed by atoms with E-state index in [-0.39, 0.29) is 16.4 Å². The molecule has 0 saturated heterocycles. The Morgan fingerprint density at radius 2 is 1.82 bits per heavy atom. The third kappa shape index (κ3) is 2.46. The fraction of sp³-hybridized carbons (Fsp3) is 0.0625. The average Bonchev–Trinajstić information content (AvgIpc) is 2.51. The van der Waals surface area contributed by atoms with E-state index in [4.69, 9.17) is 16.4 Å². The lowest BCUT2D eigenvalue weighted by atomic mass is 10.2. The lowest BCUT2D eigenvalue weighted by Gasteiger charge is -2.10. The minimum atomic E-state index is -0.715. The molecule has 0 amide bonds. The number of carbonyl (C=O) groups excluding carboxylic acids is 1. The Kier molecular flexibility index (Phi) is 3.65. The molecule has 22 heavy (non-hydrogen) atoms. The van der Waals surface area contributed by atoms with Gasteiger partial charge in [-0.25, -0.2) is 9.78 Å². The Hall–Kier alpha value is -2.66. The van der Waals surface area contributed by atoms with Crippen molar-refractivity contribution >= 4 is 28.5 Å². The molecule has 0 aliphatic rings. The maximum absolute atomic E-state index is 12.4. The predicted molar refractivity (Wildman–Crippen MR) is 83.1 cm³/mol. The van der Waals surface area contributed by atoms with Crippen LogP contribution in [0.3, 0.4) is 0 Å². The van der Waals surface area contributed by atoms with Crippen molar-refractivity contribution in [1.82, 2.24) is 9.71 Å². The Morgan fingerprint density at radius 1 is 1.14 bits per heavy atom. The van der Waals surface area contributed by atoms with Crippen molar-refractivity contribution in [3.05, 3.63) is 75.3 Å². The van der Waals surface area contributed by atoms with Gasteiger partial charge in [0.05, 0.1) is 21.5 Å². The number of hydrogen-bond donors (Lipinski definition) is 0. The maximum atomic E-state index is 12.4. The van der Waals surface area contributed by atoms with E-state index in [9.17, 15) is 9.59 Å². The largest absolute Gasteiger partial charge is 0.365 e. The molecule has 5 nitrogen and oxygen atoms in total. The molecule has 0 spiro atoms. The van der Waals surface area contributed by atoms with Crippen LogP contribution in [0.15, 0.2) is 53.3 Å². The van der Waals surface area contributed by atoms with E-state index < -0.39 is 11.5 Å². The highest BCUT2D eigenvalue weighted by Crippen LogP contribution is 2.15. The number of nitrogens with zero attached hydrogens (tertiary/aromatic N) is 2. The summed E-state index contributed by atoms with van der Waals surface area (Å²) < 4.78 is 0.883. The van der Waals surface area contributed by atoms with E-state index in [0.717, 1.165) is 4.73 Å². The summed E-state index contributed by atoms with van der Waals surface area (Å²) in [6.07, 6.45) is 0. The molecular weight excluding hydrogens is 304 g/mol. The van der Waals surface area contributed by atoms with Crippen molar-refractivity contribution in [2.75, 3.05) is 0 Å². The van der Waals surface area contributed by atoms with E-state index in [1.807, 2.05) is 0 Å². The Labute approximate surface area is 130 Å². The van der Waals surface area contributed by atoms with Crippen molar-refractivity contribution in [2.45, 2.75) is 6.92 Å². The molecule has 1 heterocycles. The summed E-state index contributed by atoms with van der Waals surface area (Å²) in [6, 6.07) is 13.3. The fourth-order valence-electron chi connectivity index (χ4n) is 2.09. The number of fused-ring (bicyclic) bond motifs is 1. The summed E-state index contributed by atoms with van der Waals surface area (Å²) in [4.78, 5) is 34.0. The minimum absolute atomic E-state index is 0.184. The highest BCUT2D eigenvalue weighted by atomic mass is 35.5. The molecule has 0 aliphatic carbocycles. The molecule has 0 N–H and O–H groups in total. The Balaban J connectivity index is 2.06. The maximum Gasteiger partial charge on any atom is 0.365 e. The summed E-state index contributed by atoms with van der Waals surface area (Å²) in [6.45, 7) is 1.59. The first-order valence-electron chi connectivity index (χ1n) is 6.53. The predicted octanol–water partition coefficient (Wildman–Crippen LogP) is 2.63. The highest BCUT2D eigenvalue weighted by Gasteiger charge is 2.16. The number of hydrogen-bond acceptors (Lipinski definition) is 4. The molecule has 0 bridgehead atoms. The van der Waals surface area contributed by atoms with Gasteiger partial charge in [-0.2, -0.15) is 0 Å². The van der Waals surface area contributed by atoms with Gasteiger partial charge in [0.25, 0.3) is 5.56 Å². The van der Waals surface area contributed by atoms with Crippen LogP contribution in [0.5, 0.6) is 0 Å². The zero-order valence-electron chi connectivity index (χ0n) is 11.6. The molecule has 0 fully saturated rings. The molecule has 0 radical (unpaired) electrons. The van der Waals surface area contributed by atoms with Crippen LogP contribution >= 0.6 is 11.6 Å². The number of para-hydroxylation sites is 1. The van der Waals surface area contributed by atoms with Crippen LogP contribution in [0.25, 0.3) is 10.9 Å². The second-order valence-electron chi connectivity index (χ2n) is 4.63. The fourth-order valence-corrected chi connectivity index (χ4v) is 2.31. The van der Waals surface area contributed by atoms with Gasteiger partial charge in [0.15, 0.2) is 0 Å². The van der Waals surface area contributed by atoms with E-state index in [0.29, 0.717) is 10.9 Å². The van der Waals surface area contributed by atoms with Crippen molar-refractivity contribution in [1.29, 1.82) is 0 Å². The molecule has 3 rings (SSSR count). The summed E-state index contributed by atoms with van der Waals surface area (Å²) in [5.74, 6) is -0.433. The minimum Gasteiger partial charge on any atom is -0.326 e. The number of aryl methyl sites for hydroxylation is 1. The number of carbonyl (C=O) groups is 1. The molecule has 0 atom stereocenters. The lowest BCUT2D eigenvalue weighted by Crippen LogP contribution is -2.33. The van der Waals surface area contributed by atoms with Crippen LogP contribution in [0.4, 0.5) is 0 Å². The standard InChI is InChI=1S/C16H11ClN2O3/c1-10-18-14-9-5-3-7-12(14)15(20)19(10)22-16(21)11-6-2-4-8-13(11)17/h2-9H,1H3. The van der Waals surface area contributed by atoms with Crippen molar-refractivity contribution < 1.29 is 9.63 Å². The molecule has 6 heteroatoms. The second kappa shape index (κ2) is 5.61. The lowest BCUT2D eigenvalue weighted by molar-refractivity contribution is 0.0428. The molecular formula is C16H11ClN2O3. The van der Waals surface area contributed by atoms with Gasteiger partial charge in [0.2, 0.25) is 0 Å². The van der Waals surface area contributed by atoms with Crippen LogP contribution < -0.4 is 10.4 Å². The van der Waals surface area contributed by atoms with E-state index in [2.05, 4.69) is 4.98 Å². The van der Waals surface area contributed by atoms with Gasteiger partial charge in [-0.1, -0.05) is 35.9 Å². The molecule has 2 aromatic carbocycles. The second-order valence-corrected chi connectivity index (χ2v) is 5.04. The number of rotatable bonds is 2. The zero-order chi connectivity index (χ0) is 15.7. The summed E-state index contributed by atoms with van der Waals surface area (Å²) in [7, 11) is 0. The SMILES string of the molecule is Cc1nc2ccccc2c(=O)n1OC(=O)c1ccccc1Cl. The molecule has 3 aromatic rings. The molecule has 0 aliphatic heterocycles. The summed E-state index contributed by atoms with van der Waals surface area (Å²) in [5, 5.41) is 0.631. The molecule has 0 saturated carbocycles. The van der Waals surface area contributed by atoms with Gasteiger partial charge in [0, 0.05) is 0 Å². The van der Waals surface area contributed by atoms with Crippen LogP contribution in [0.1, 0.15) is 16.2 Å². The number of benzene rings is 2. The van der Waals surface area contributed by atoms with Crippen LogP contribution in [-0.4, -0.2) is 15.7 Å². The third-order valence-electron chi connectivity index (χ3n) is 3.16. The number of halogens is 1. The van der Waals surface area contributed by atoms with Crippen molar-refractivity contribution in [3.63, 3.8) is 0 Å². The smallest absolute Gasteiger partial charge is 0.326 e. The molecule has 110 valence electrons. The summed E-state index contributed by atoms with van der Waals surface area (Å²) in [5.41, 5.74) is 0.294. The van der Waals surface area contributed by atoms with E-state index in [1.54, 1.807) is 49.4 Å². The quantitative estimate of drug-likeness (QED) is 0.729. The highest BCUT2D eigenvalue weighted by molar-refractivity contribution is 6.33. The van der Waals surface area contributed by atoms with Gasteiger partial charge in [-0.3, -0.25) is 4.79 Å². The topological polar surface area (TPSA) is 61.2 Å². The Bertz CT molecular complexity index is 934. The van der Waals surface area contributed by atoms with Crippen molar-refractivity contribution in [2.24, 2.45) is 0 Å². The first-order chi connectivity index (χ1) is 10.6. The molecule has 1 aromatic heterocycles. The third-order valence-corrected chi connectivity index (χ3v) is 3.49. The van der Waals surface area contributed by atoms with Gasteiger partial charge >= 0.3 is 5.97 Å². The van der Waals surface area contributed by atoms with Gasteiger partial charge < -0.3 is 4.84 Å². The average molecular weight is 315 g/mol. The summed E-state index contributed by atoms with van der Waals surface area (Å²) >= 11 is 5.96. The van der Waals surface area contributed by atoms with E-state index in [1.165, 1.54) is 6.07 Å². The van der Waals surface area contributed by atoms with Crippen LogP contribution in [-0.2, 0) is 0 Å². The molecule has 0 unspecified atom stereocenters. The van der Waals surface area contributed by atoms with Gasteiger partial charge in [0.1, 0.15) is 5.82 Å². The number of aromatic nitrogens is 2. The van der Waals surface area contributed by atoms with Crippen molar-refractivity contribution in [3.8, 4) is 0 Å². The van der Waals surface area contributed by atoms with Crippen LogP contribution in [0.2, 0.25) is 5.02 Å². The first kappa shape index (κ1) is 14.3. The monoisotopic (exact) mass is 314 g/mol. The normalized spacial score (nSPS) is 10.6. The van der Waals surface area contributed by atoms with Gasteiger partial charge in [-0.15, -0.1) is 4.73 Å². The van der Waals surface area contributed by atoms with E-state index >= 15 is 0 Å². The zero-order valence-corrected chi connectivity index (χ0v) is 12.4. The Morgan fingerprint density at radius 3 is 2.59 bits per heavy atom. The first-order valence-corrected chi connectivity index (χ1v) is 6.91. The van der Waals surface area contributed by atoms with Crippen LogP contribution in [0, 0.1) is 6.92 Å². The van der Waals surface area contributed by atoms with Gasteiger partial charge in [-0.05, 0) is 31.2 Å².